The van der Waals surface area contributed by atoms with E-state index in [2.05, 4.69) is 9.69 Å². The summed E-state index contributed by atoms with van der Waals surface area (Å²) in [5.41, 5.74) is -0.487. The summed E-state index contributed by atoms with van der Waals surface area (Å²) >= 11 is 12.5. The normalized spacial score (nSPS) is 13.1. The van der Waals surface area contributed by atoms with Crippen LogP contribution in [0.2, 0.25) is 9.36 Å². The van der Waals surface area contributed by atoms with Crippen LogP contribution >= 0.6 is 34.7 Å². The van der Waals surface area contributed by atoms with Crippen LogP contribution < -0.4 is 5.32 Å². The third kappa shape index (κ3) is 5.13. The zero-order valence-electron chi connectivity index (χ0n) is 12.5. The number of carbonyl (C=O) groups excluding carboxylic acids is 2. The molecule has 0 unspecified atom stereocenters. The average molecular weight is 353 g/mol. The quantitative estimate of drug-likeness (QED) is 0.841. The highest BCUT2D eigenvalue weighted by molar-refractivity contribution is 7.11. The first-order chi connectivity index (χ1) is 9.53. The van der Waals surface area contributed by atoms with E-state index < -0.39 is 17.6 Å². The van der Waals surface area contributed by atoms with Gasteiger partial charge in [-0.25, -0.2) is 4.79 Å². The van der Waals surface area contributed by atoms with E-state index >= 15 is 0 Å². The molecule has 1 atom stereocenters. The SMILES string of the molecule is CC(C)[C@@H](OC(=O)c1nsc(Cl)c1Cl)C(=O)NC(C)(C)C. The van der Waals surface area contributed by atoms with E-state index in [4.69, 9.17) is 27.9 Å². The number of amides is 1. The van der Waals surface area contributed by atoms with Crippen LogP contribution in [-0.4, -0.2) is 27.9 Å². The molecular formula is C13H18Cl2N2O3S. The Bertz CT molecular complexity index is 538. The van der Waals surface area contributed by atoms with Crippen molar-refractivity contribution in [2.75, 3.05) is 0 Å². The average Bonchev–Trinajstić information content (AvgIpc) is 2.64. The Labute approximate surface area is 138 Å². The number of esters is 1. The van der Waals surface area contributed by atoms with Crippen molar-refractivity contribution in [1.29, 1.82) is 0 Å². The summed E-state index contributed by atoms with van der Waals surface area (Å²) < 4.78 is 9.29. The minimum Gasteiger partial charge on any atom is -0.447 e. The molecule has 0 radical (unpaired) electrons. The predicted octanol–water partition coefficient (Wildman–Crippen LogP) is 3.55. The standard InChI is InChI=1S/C13H18Cl2N2O3S/c1-6(2)9(11(18)16-13(3,4)5)20-12(19)8-7(14)10(15)21-17-8/h6,9H,1-5H3,(H,16,18)/t9-/m1/s1. The molecule has 0 saturated heterocycles. The summed E-state index contributed by atoms with van der Waals surface area (Å²) in [7, 11) is 0. The van der Waals surface area contributed by atoms with E-state index in [-0.39, 0.29) is 26.9 Å². The first-order valence-electron chi connectivity index (χ1n) is 6.36. The molecular weight excluding hydrogens is 335 g/mol. The molecule has 0 bridgehead atoms. The van der Waals surface area contributed by atoms with Gasteiger partial charge in [0.05, 0.1) is 0 Å². The fourth-order valence-corrected chi connectivity index (χ4v) is 2.47. The van der Waals surface area contributed by atoms with Crippen molar-refractivity contribution < 1.29 is 14.3 Å². The van der Waals surface area contributed by atoms with Gasteiger partial charge >= 0.3 is 5.97 Å². The number of ether oxygens (including phenoxy) is 1. The summed E-state index contributed by atoms with van der Waals surface area (Å²) in [5, 5.41) is 2.83. The van der Waals surface area contributed by atoms with Crippen LogP contribution in [0.4, 0.5) is 0 Å². The lowest BCUT2D eigenvalue weighted by Crippen LogP contribution is -2.48. The molecule has 1 aromatic heterocycles. The van der Waals surface area contributed by atoms with Crippen LogP contribution in [-0.2, 0) is 9.53 Å². The molecule has 21 heavy (non-hydrogen) atoms. The predicted molar refractivity (Wildman–Crippen MR) is 84.1 cm³/mol. The molecule has 8 heteroatoms. The Morgan fingerprint density at radius 2 is 1.86 bits per heavy atom. The number of rotatable bonds is 4. The van der Waals surface area contributed by atoms with Gasteiger partial charge in [0.1, 0.15) is 9.36 Å². The molecule has 118 valence electrons. The maximum absolute atomic E-state index is 12.2. The first kappa shape index (κ1) is 18.2. The van der Waals surface area contributed by atoms with E-state index in [1.807, 2.05) is 20.8 Å². The van der Waals surface area contributed by atoms with Crippen molar-refractivity contribution in [3.8, 4) is 0 Å². The van der Waals surface area contributed by atoms with Gasteiger partial charge < -0.3 is 10.1 Å². The van der Waals surface area contributed by atoms with Gasteiger partial charge in [-0.1, -0.05) is 37.0 Å². The van der Waals surface area contributed by atoms with E-state index in [1.165, 1.54) is 0 Å². The summed E-state index contributed by atoms with van der Waals surface area (Å²) in [4.78, 5) is 24.3. The highest BCUT2D eigenvalue weighted by Crippen LogP contribution is 2.30. The van der Waals surface area contributed by atoms with Gasteiger partial charge in [-0.15, -0.1) is 0 Å². The Balaban J connectivity index is 2.86. The lowest BCUT2D eigenvalue weighted by molar-refractivity contribution is -0.133. The molecule has 1 amide bonds. The molecule has 1 rings (SSSR count). The van der Waals surface area contributed by atoms with Gasteiger partial charge in [-0.3, -0.25) is 4.79 Å². The molecule has 0 aromatic carbocycles. The number of hydrogen-bond acceptors (Lipinski definition) is 5. The molecule has 1 N–H and O–H groups in total. The summed E-state index contributed by atoms with van der Waals surface area (Å²) in [6, 6.07) is 0. The number of carbonyl (C=O) groups is 2. The number of nitrogens with one attached hydrogen (secondary N) is 1. The lowest BCUT2D eigenvalue weighted by atomic mass is 10.0. The number of nitrogens with zero attached hydrogens (tertiary/aromatic N) is 1. The van der Waals surface area contributed by atoms with Gasteiger partial charge in [-0.2, -0.15) is 4.37 Å². The van der Waals surface area contributed by atoms with Gasteiger partial charge in [0, 0.05) is 5.54 Å². The van der Waals surface area contributed by atoms with Crippen LogP contribution in [0.5, 0.6) is 0 Å². The molecule has 0 fully saturated rings. The Hall–Kier alpha value is -0.850. The molecule has 5 nitrogen and oxygen atoms in total. The van der Waals surface area contributed by atoms with Crippen LogP contribution in [0.25, 0.3) is 0 Å². The minimum absolute atomic E-state index is 0.0467. The van der Waals surface area contributed by atoms with Crippen LogP contribution in [0.1, 0.15) is 45.1 Å². The fourth-order valence-electron chi connectivity index (χ4n) is 1.49. The van der Waals surface area contributed by atoms with Gasteiger partial charge in [0.25, 0.3) is 5.91 Å². The summed E-state index contributed by atoms with van der Waals surface area (Å²) in [6.45, 7) is 9.12. The van der Waals surface area contributed by atoms with Gasteiger partial charge in [0.2, 0.25) is 0 Å². The molecule has 0 spiro atoms. The fraction of sp³-hybridized carbons (Fsp3) is 0.615. The largest absolute Gasteiger partial charge is 0.447 e. The maximum atomic E-state index is 12.2. The van der Waals surface area contributed by atoms with Crippen LogP contribution in [0, 0.1) is 5.92 Å². The third-order valence-corrected chi connectivity index (χ3v) is 4.00. The number of aromatic nitrogens is 1. The lowest BCUT2D eigenvalue weighted by Gasteiger charge is -2.26. The monoisotopic (exact) mass is 352 g/mol. The molecule has 0 aliphatic rings. The molecule has 1 heterocycles. The van der Waals surface area contributed by atoms with Crippen molar-refractivity contribution in [1.82, 2.24) is 9.69 Å². The summed E-state index contributed by atoms with van der Waals surface area (Å²) in [5.74, 6) is -1.31. The van der Waals surface area contributed by atoms with Crippen molar-refractivity contribution in [2.24, 2.45) is 5.92 Å². The van der Waals surface area contributed by atoms with Crippen molar-refractivity contribution >= 4 is 46.6 Å². The van der Waals surface area contributed by atoms with Crippen LogP contribution in [0.15, 0.2) is 0 Å². The number of hydrogen-bond donors (Lipinski definition) is 1. The second kappa shape index (κ2) is 6.94. The van der Waals surface area contributed by atoms with Crippen molar-refractivity contribution in [3.05, 3.63) is 15.1 Å². The zero-order chi connectivity index (χ0) is 16.4. The Morgan fingerprint density at radius 3 is 2.24 bits per heavy atom. The second-order valence-electron chi connectivity index (χ2n) is 5.93. The van der Waals surface area contributed by atoms with Crippen molar-refractivity contribution in [3.63, 3.8) is 0 Å². The molecule has 1 aromatic rings. The highest BCUT2D eigenvalue weighted by atomic mass is 35.5. The molecule has 0 aliphatic heterocycles. The first-order valence-corrected chi connectivity index (χ1v) is 7.89. The zero-order valence-corrected chi connectivity index (χ0v) is 14.8. The van der Waals surface area contributed by atoms with E-state index in [0.717, 1.165) is 11.5 Å². The Morgan fingerprint density at radius 1 is 1.29 bits per heavy atom. The van der Waals surface area contributed by atoms with E-state index in [0.29, 0.717) is 0 Å². The smallest absolute Gasteiger partial charge is 0.360 e. The Kier molecular flexibility index (Phi) is 6.01. The maximum Gasteiger partial charge on any atom is 0.360 e. The second-order valence-corrected chi connectivity index (χ2v) is 7.68. The molecule has 0 aliphatic carbocycles. The minimum atomic E-state index is -0.923. The van der Waals surface area contributed by atoms with Gasteiger partial charge in [0.15, 0.2) is 11.8 Å². The van der Waals surface area contributed by atoms with Crippen molar-refractivity contribution in [2.45, 2.75) is 46.3 Å². The van der Waals surface area contributed by atoms with E-state index in [1.54, 1.807) is 13.8 Å². The third-order valence-electron chi connectivity index (χ3n) is 2.39. The van der Waals surface area contributed by atoms with Gasteiger partial charge in [-0.05, 0) is 38.2 Å². The highest BCUT2D eigenvalue weighted by Gasteiger charge is 2.31. The van der Waals surface area contributed by atoms with Crippen LogP contribution in [0.3, 0.4) is 0 Å². The summed E-state index contributed by atoms with van der Waals surface area (Å²) in [6.07, 6.45) is -0.923. The topological polar surface area (TPSA) is 68.3 Å². The molecule has 0 saturated carbocycles. The van der Waals surface area contributed by atoms with E-state index in [9.17, 15) is 9.59 Å². The number of halogens is 2.